The molecular formula is C11H14N2S. The Kier molecular flexibility index (Phi) is 2.77. The number of benzene rings is 1. The molecule has 0 saturated carbocycles. The van der Waals surface area contributed by atoms with E-state index in [1.54, 1.807) is 0 Å². The van der Waals surface area contributed by atoms with Crippen molar-refractivity contribution in [2.24, 2.45) is 5.92 Å². The normalized spacial score (nSPS) is 13.3. The standard InChI is InChI=1S/C11H14N2S/c1-9(7-14)6-13-8-12-10-4-2-3-5-11(10)13/h2-5,8-9,14H,6-7H2,1H3. The molecule has 0 saturated heterocycles. The second-order valence-corrected chi connectivity index (χ2v) is 4.04. The molecule has 2 aromatic rings. The van der Waals surface area contributed by atoms with Gasteiger partial charge in [0.05, 0.1) is 17.4 Å². The molecule has 1 heterocycles. The highest BCUT2D eigenvalue weighted by Crippen LogP contribution is 2.13. The molecule has 2 nitrogen and oxygen atoms in total. The van der Waals surface area contributed by atoms with E-state index in [4.69, 9.17) is 0 Å². The van der Waals surface area contributed by atoms with Gasteiger partial charge in [-0.2, -0.15) is 12.6 Å². The van der Waals surface area contributed by atoms with E-state index in [1.807, 2.05) is 24.5 Å². The molecule has 14 heavy (non-hydrogen) atoms. The van der Waals surface area contributed by atoms with E-state index in [9.17, 15) is 0 Å². The molecular weight excluding hydrogens is 192 g/mol. The van der Waals surface area contributed by atoms with E-state index < -0.39 is 0 Å². The van der Waals surface area contributed by atoms with Gasteiger partial charge >= 0.3 is 0 Å². The summed E-state index contributed by atoms with van der Waals surface area (Å²) in [5.74, 6) is 1.49. The van der Waals surface area contributed by atoms with Gasteiger partial charge in [-0.25, -0.2) is 4.98 Å². The summed E-state index contributed by atoms with van der Waals surface area (Å²) in [5, 5.41) is 0. The number of nitrogens with zero attached hydrogens (tertiary/aromatic N) is 2. The Morgan fingerprint density at radius 1 is 1.43 bits per heavy atom. The number of aromatic nitrogens is 2. The SMILES string of the molecule is CC(CS)Cn1cnc2ccccc21. The Morgan fingerprint density at radius 2 is 2.21 bits per heavy atom. The first-order valence-corrected chi connectivity index (χ1v) is 5.45. The molecule has 0 aliphatic carbocycles. The molecule has 0 aliphatic heterocycles. The van der Waals surface area contributed by atoms with E-state index in [2.05, 4.69) is 35.2 Å². The van der Waals surface area contributed by atoms with E-state index in [1.165, 1.54) is 5.52 Å². The number of rotatable bonds is 3. The van der Waals surface area contributed by atoms with Crippen LogP contribution in [-0.2, 0) is 6.54 Å². The van der Waals surface area contributed by atoms with Gasteiger partial charge in [-0.3, -0.25) is 0 Å². The topological polar surface area (TPSA) is 17.8 Å². The van der Waals surface area contributed by atoms with Crippen LogP contribution >= 0.6 is 12.6 Å². The summed E-state index contributed by atoms with van der Waals surface area (Å²) in [6.07, 6.45) is 1.91. The van der Waals surface area contributed by atoms with Crippen LogP contribution in [0.4, 0.5) is 0 Å². The second-order valence-electron chi connectivity index (χ2n) is 3.67. The van der Waals surface area contributed by atoms with Crippen LogP contribution in [-0.4, -0.2) is 15.3 Å². The lowest BCUT2D eigenvalue weighted by molar-refractivity contribution is 0.542. The number of imidazole rings is 1. The van der Waals surface area contributed by atoms with Crippen LogP contribution in [0.2, 0.25) is 0 Å². The van der Waals surface area contributed by atoms with Crippen LogP contribution < -0.4 is 0 Å². The van der Waals surface area contributed by atoms with Crippen molar-refractivity contribution in [1.82, 2.24) is 9.55 Å². The van der Waals surface area contributed by atoms with Crippen LogP contribution in [0.5, 0.6) is 0 Å². The van der Waals surface area contributed by atoms with Crippen LogP contribution in [0.25, 0.3) is 11.0 Å². The Morgan fingerprint density at radius 3 is 3.00 bits per heavy atom. The fourth-order valence-electron chi connectivity index (χ4n) is 1.55. The van der Waals surface area contributed by atoms with Gasteiger partial charge in [0.25, 0.3) is 0 Å². The van der Waals surface area contributed by atoms with E-state index in [0.717, 1.165) is 17.8 Å². The third kappa shape index (κ3) is 1.77. The van der Waals surface area contributed by atoms with Gasteiger partial charge in [0.15, 0.2) is 0 Å². The van der Waals surface area contributed by atoms with Crippen LogP contribution in [0.3, 0.4) is 0 Å². The van der Waals surface area contributed by atoms with Crippen molar-refractivity contribution in [2.75, 3.05) is 5.75 Å². The molecule has 0 fully saturated rings. The van der Waals surface area contributed by atoms with Crippen molar-refractivity contribution in [3.05, 3.63) is 30.6 Å². The Balaban J connectivity index is 2.33. The van der Waals surface area contributed by atoms with Gasteiger partial charge in [0, 0.05) is 6.54 Å². The number of para-hydroxylation sites is 2. The summed E-state index contributed by atoms with van der Waals surface area (Å²) >= 11 is 4.29. The Bertz CT molecular complexity index is 422. The molecule has 0 radical (unpaired) electrons. The first-order chi connectivity index (χ1) is 6.81. The van der Waals surface area contributed by atoms with Gasteiger partial charge in [-0.15, -0.1) is 0 Å². The number of hydrogen-bond donors (Lipinski definition) is 1. The van der Waals surface area contributed by atoms with Crippen LogP contribution in [0.15, 0.2) is 30.6 Å². The quantitative estimate of drug-likeness (QED) is 0.764. The molecule has 1 aromatic heterocycles. The van der Waals surface area contributed by atoms with Gasteiger partial charge in [0.1, 0.15) is 0 Å². The second kappa shape index (κ2) is 4.05. The van der Waals surface area contributed by atoms with Crippen LogP contribution in [0, 0.1) is 5.92 Å². The number of thiol groups is 1. The minimum Gasteiger partial charge on any atom is -0.330 e. The number of hydrogen-bond acceptors (Lipinski definition) is 2. The molecule has 1 aromatic carbocycles. The van der Waals surface area contributed by atoms with Crippen molar-refractivity contribution < 1.29 is 0 Å². The lowest BCUT2D eigenvalue weighted by Gasteiger charge is -2.09. The Labute approximate surface area is 89.4 Å². The molecule has 3 heteroatoms. The van der Waals surface area contributed by atoms with Gasteiger partial charge < -0.3 is 4.57 Å². The third-order valence-electron chi connectivity index (χ3n) is 2.35. The minimum atomic E-state index is 0.580. The molecule has 74 valence electrons. The van der Waals surface area contributed by atoms with Crippen molar-refractivity contribution in [1.29, 1.82) is 0 Å². The summed E-state index contributed by atoms with van der Waals surface area (Å²) in [7, 11) is 0. The molecule has 1 unspecified atom stereocenters. The van der Waals surface area contributed by atoms with Crippen molar-refractivity contribution in [3.8, 4) is 0 Å². The molecule has 0 bridgehead atoms. The maximum Gasteiger partial charge on any atom is 0.0958 e. The zero-order chi connectivity index (χ0) is 9.97. The lowest BCUT2D eigenvalue weighted by Crippen LogP contribution is -2.07. The predicted octanol–water partition coefficient (Wildman–Crippen LogP) is 2.60. The summed E-state index contributed by atoms with van der Waals surface area (Å²) in [5.41, 5.74) is 2.28. The average molecular weight is 206 g/mol. The molecule has 0 aliphatic rings. The maximum absolute atomic E-state index is 4.34. The van der Waals surface area contributed by atoms with Gasteiger partial charge in [0.2, 0.25) is 0 Å². The Hall–Kier alpha value is -0.960. The first kappa shape index (κ1) is 9.59. The fraction of sp³-hybridized carbons (Fsp3) is 0.364. The maximum atomic E-state index is 4.34. The predicted molar refractivity (Wildman–Crippen MR) is 62.8 cm³/mol. The largest absolute Gasteiger partial charge is 0.330 e. The fourth-order valence-corrected chi connectivity index (χ4v) is 1.66. The first-order valence-electron chi connectivity index (χ1n) is 4.82. The zero-order valence-corrected chi connectivity index (χ0v) is 9.11. The summed E-state index contributed by atoms with van der Waals surface area (Å²) in [6, 6.07) is 8.21. The molecule has 0 N–H and O–H groups in total. The average Bonchev–Trinajstić information content (AvgIpc) is 2.62. The molecule has 0 spiro atoms. The zero-order valence-electron chi connectivity index (χ0n) is 8.22. The summed E-state index contributed by atoms with van der Waals surface area (Å²) in [4.78, 5) is 4.34. The molecule has 0 amide bonds. The number of fused-ring (bicyclic) bond motifs is 1. The highest BCUT2D eigenvalue weighted by molar-refractivity contribution is 7.80. The molecule has 2 rings (SSSR count). The lowest BCUT2D eigenvalue weighted by atomic mass is 10.2. The van der Waals surface area contributed by atoms with Gasteiger partial charge in [-0.1, -0.05) is 19.1 Å². The van der Waals surface area contributed by atoms with Crippen molar-refractivity contribution >= 4 is 23.7 Å². The van der Waals surface area contributed by atoms with E-state index >= 15 is 0 Å². The highest BCUT2D eigenvalue weighted by atomic mass is 32.1. The third-order valence-corrected chi connectivity index (χ3v) is 2.97. The minimum absolute atomic E-state index is 0.580. The van der Waals surface area contributed by atoms with Crippen molar-refractivity contribution in [2.45, 2.75) is 13.5 Å². The summed E-state index contributed by atoms with van der Waals surface area (Å²) in [6.45, 7) is 3.19. The monoisotopic (exact) mass is 206 g/mol. The summed E-state index contributed by atoms with van der Waals surface area (Å²) < 4.78 is 2.19. The van der Waals surface area contributed by atoms with Crippen LogP contribution in [0.1, 0.15) is 6.92 Å². The van der Waals surface area contributed by atoms with E-state index in [0.29, 0.717) is 5.92 Å². The van der Waals surface area contributed by atoms with Crippen molar-refractivity contribution in [3.63, 3.8) is 0 Å². The molecule has 1 atom stereocenters. The smallest absolute Gasteiger partial charge is 0.0958 e. The van der Waals surface area contributed by atoms with Gasteiger partial charge in [-0.05, 0) is 23.8 Å². The van der Waals surface area contributed by atoms with E-state index in [-0.39, 0.29) is 0 Å². The highest BCUT2D eigenvalue weighted by Gasteiger charge is 2.04.